The van der Waals surface area contributed by atoms with Gasteiger partial charge >= 0.3 is 0 Å². The van der Waals surface area contributed by atoms with E-state index in [0.717, 1.165) is 49.1 Å². The van der Waals surface area contributed by atoms with Crippen molar-refractivity contribution in [2.45, 2.75) is 31.6 Å². The van der Waals surface area contributed by atoms with Crippen LogP contribution in [0.15, 0.2) is 24.5 Å². The minimum atomic E-state index is 0.330. The average molecular weight is 306 g/mol. The quantitative estimate of drug-likeness (QED) is 0.737. The van der Waals surface area contributed by atoms with E-state index in [2.05, 4.69) is 34.6 Å². The van der Waals surface area contributed by atoms with Crippen LogP contribution >= 0.6 is 11.8 Å². The van der Waals surface area contributed by atoms with Gasteiger partial charge in [-0.1, -0.05) is 6.07 Å². The Morgan fingerprint density at radius 1 is 1.52 bits per heavy atom. The van der Waals surface area contributed by atoms with Gasteiger partial charge in [-0.25, -0.2) is 4.98 Å². The van der Waals surface area contributed by atoms with Crippen molar-refractivity contribution in [1.29, 1.82) is 0 Å². The molecule has 3 heterocycles. The van der Waals surface area contributed by atoms with E-state index < -0.39 is 0 Å². The van der Waals surface area contributed by atoms with Gasteiger partial charge in [-0.2, -0.15) is 11.8 Å². The van der Waals surface area contributed by atoms with Crippen LogP contribution < -0.4 is 0 Å². The number of pyridine rings is 1. The van der Waals surface area contributed by atoms with Gasteiger partial charge in [0.1, 0.15) is 5.65 Å². The van der Waals surface area contributed by atoms with Crippen LogP contribution in [0.1, 0.15) is 24.1 Å². The van der Waals surface area contributed by atoms with Crippen LogP contribution in [-0.2, 0) is 15.2 Å². The maximum atomic E-state index is 5.66. The van der Waals surface area contributed by atoms with E-state index in [9.17, 15) is 0 Å². The Labute approximate surface area is 129 Å². The highest BCUT2D eigenvalue weighted by Crippen LogP contribution is 2.15. The molecule has 5 heteroatoms. The standard InChI is InChI=1S/C16H22N2O2S/c1-13-4-2-6-18-10-14(17-16(13)18)12-21-9-8-19-11-15-5-3-7-20-15/h2,4,6,10,15H,3,5,7-9,11-12H2,1H3. The summed E-state index contributed by atoms with van der Waals surface area (Å²) in [7, 11) is 0. The zero-order chi connectivity index (χ0) is 14.5. The molecule has 1 aliphatic rings. The highest BCUT2D eigenvalue weighted by Gasteiger charge is 2.14. The summed E-state index contributed by atoms with van der Waals surface area (Å²) in [4.78, 5) is 4.67. The molecule has 0 radical (unpaired) electrons. The number of rotatable bonds is 7. The lowest BCUT2D eigenvalue weighted by atomic mass is 10.2. The second-order valence-corrected chi connectivity index (χ2v) is 6.52. The number of fused-ring (bicyclic) bond motifs is 1. The van der Waals surface area contributed by atoms with Crippen LogP contribution in [0.4, 0.5) is 0 Å². The molecule has 0 saturated carbocycles. The summed E-state index contributed by atoms with van der Waals surface area (Å²) in [5.41, 5.74) is 3.41. The topological polar surface area (TPSA) is 35.8 Å². The first-order chi connectivity index (χ1) is 10.3. The summed E-state index contributed by atoms with van der Waals surface area (Å²) < 4.78 is 13.3. The van der Waals surface area contributed by atoms with Crippen molar-refractivity contribution >= 4 is 17.4 Å². The molecule has 3 rings (SSSR count). The van der Waals surface area contributed by atoms with Gasteiger partial charge in [0.2, 0.25) is 0 Å². The lowest BCUT2D eigenvalue weighted by Gasteiger charge is -2.09. The van der Waals surface area contributed by atoms with Crippen LogP contribution in [0.3, 0.4) is 0 Å². The molecule has 4 nitrogen and oxygen atoms in total. The van der Waals surface area contributed by atoms with E-state index >= 15 is 0 Å². The molecule has 1 saturated heterocycles. The van der Waals surface area contributed by atoms with Crippen molar-refractivity contribution in [3.63, 3.8) is 0 Å². The Kier molecular flexibility index (Phi) is 5.17. The predicted octanol–water partition coefficient (Wildman–Crippen LogP) is 3.07. The Morgan fingerprint density at radius 3 is 3.29 bits per heavy atom. The Balaban J connectivity index is 1.37. The first-order valence-electron chi connectivity index (χ1n) is 7.53. The normalized spacial score (nSPS) is 18.6. The minimum Gasteiger partial charge on any atom is -0.378 e. The van der Waals surface area contributed by atoms with E-state index in [1.807, 2.05) is 18.0 Å². The largest absolute Gasteiger partial charge is 0.378 e. The summed E-state index contributed by atoms with van der Waals surface area (Å²) in [6, 6.07) is 4.15. The summed E-state index contributed by atoms with van der Waals surface area (Å²) in [5, 5.41) is 0. The maximum Gasteiger partial charge on any atom is 0.139 e. The van der Waals surface area contributed by atoms with Crippen LogP contribution in [0.25, 0.3) is 5.65 Å². The van der Waals surface area contributed by atoms with Gasteiger partial charge in [0.25, 0.3) is 0 Å². The predicted molar refractivity (Wildman–Crippen MR) is 85.9 cm³/mol. The number of ether oxygens (including phenoxy) is 2. The van der Waals surface area contributed by atoms with E-state index in [4.69, 9.17) is 9.47 Å². The van der Waals surface area contributed by atoms with Crippen LogP contribution in [-0.4, -0.2) is 41.1 Å². The highest BCUT2D eigenvalue weighted by atomic mass is 32.2. The molecule has 0 N–H and O–H groups in total. The second kappa shape index (κ2) is 7.29. The van der Waals surface area contributed by atoms with Gasteiger partial charge in [0, 0.05) is 30.5 Å². The summed E-state index contributed by atoms with van der Waals surface area (Å²) >= 11 is 1.87. The Bertz CT molecular complexity index is 579. The number of thioether (sulfide) groups is 1. The molecule has 0 aromatic carbocycles. The average Bonchev–Trinajstić information content (AvgIpc) is 3.12. The van der Waals surface area contributed by atoms with Gasteiger partial charge < -0.3 is 13.9 Å². The van der Waals surface area contributed by atoms with Gasteiger partial charge in [-0.3, -0.25) is 0 Å². The van der Waals surface area contributed by atoms with Crippen molar-refractivity contribution < 1.29 is 9.47 Å². The first kappa shape index (κ1) is 14.9. The number of aryl methyl sites for hydroxylation is 1. The number of hydrogen-bond donors (Lipinski definition) is 0. The van der Waals surface area contributed by atoms with Crippen molar-refractivity contribution in [3.8, 4) is 0 Å². The third-order valence-electron chi connectivity index (χ3n) is 3.68. The fraction of sp³-hybridized carbons (Fsp3) is 0.562. The summed E-state index contributed by atoms with van der Waals surface area (Å²) in [5.74, 6) is 1.93. The lowest BCUT2D eigenvalue weighted by molar-refractivity contribution is 0.0226. The van der Waals surface area contributed by atoms with Gasteiger partial charge in [-0.05, 0) is 31.4 Å². The van der Waals surface area contributed by atoms with Gasteiger partial charge in [0.05, 0.1) is 25.0 Å². The SMILES string of the molecule is Cc1cccn2cc(CSCCOCC3CCCO3)nc12. The molecule has 0 spiro atoms. The Hall–Kier alpha value is -1.04. The Morgan fingerprint density at radius 2 is 2.48 bits per heavy atom. The third-order valence-corrected chi connectivity index (χ3v) is 4.63. The molecular weight excluding hydrogens is 284 g/mol. The smallest absolute Gasteiger partial charge is 0.139 e. The molecule has 1 unspecified atom stereocenters. The molecule has 21 heavy (non-hydrogen) atoms. The molecule has 114 valence electrons. The molecule has 0 aliphatic carbocycles. The molecular formula is C16H22N2O2S. The zero-order valence-corrected chi connectivity index (χ0v) is 13.3. The van der Waals surface area contributed by atoms with Crippen molar-refractivity contribution in [3.05, 3.63) is 35.8 Å². The fourth-order valence-electron chi connectivity index (χ4n) is 2.56. The summed E-state index contributed by atoms with van der Waals surface area (Å²) in [6.07, 6.45) is 6.82. The third kappa shape index (κ3) is 3.99. The van der Waals surface area contributed by atoms with Crippen LogP contribution in [0.2, 0.25) is 0 Å². The molecule has 2 aromatic rings. The molecule has 0 amide bonds. The monoisotopic (exact) mass is 306 g/mol. The van der Waals surface area contributed by atoms with E-state index in [1.165, 1.54) is 12.0 Å². The van der Waals surface area contributed by atoms with E-state index in [-0.39, 0.29) is 0 Å². The molecule has 2 aromatic heterocycles. The van der Waals surface area contributed by atoms with Crippen molar-refractivity contribution in [2.24, 2.45) is 0 Å². The fourth-order valence-corrected chi connectivity index (χ4v) is 3.29. The number of imidazole rings is 1. The van der Waals surface area contributed by atoms with Crippen molar-refractivity contribution in [2.75, 3.05) is 25.6 Å². The highest BCUT2D eigenvalue weighted by molar-refractivity contribution is 7.98. The van der Waals surface area contributed by atoms with Crippen molar-refractivity contribution in [1.82, 2.24) is 9.38 Å². The number of aromatic nitrogens is 2. The van der Waals surface area contributed by atoms with Gasteiger partial charge in [0.15, 0.2) is 0 Å². The minimum absolute atomic E-state index is 0.330. The maximum absolute atomic E-state index is 5.66. The number of hydrogen-bond acceptors (Lipinski definition) is 4. The zero-order valence-electron chi connectivity index (χ0n) is 12.5. The van der Waals surface area contributed by atoms with E-state index in [0.29, 0.717) is 6.10 Å². The lowest BCUT2D eigenvalue weighted by Crippen LogP contribution is -2.15. The summed E-state index contributed by atoms with van der Waals surface area (Å²) in [6.45, 7) is 4.53. The number of nitrogens with zero attached hydrogens (tertiary/aromatic N) is 2. The second-order valence-electron chi connectivity index (χ2n) is 5.42. The van der Waals surface area contributed by atoms with Gasteiger partial charge in [-0.15, -0.1) is 0 Å². The first-order valence-corrected chi connectivity index (χ1v) is 8.69. The molecule has 1 aliphatic heterocycles. The van der Waals surface area contributed by atoms with Crippen LogP contribution in [0.5, 0.6) is 0 Å². The molecule has 1 fully saturated rings. The van der Waals surface area contributed by atoms with E-state index in [1.54, 1.807) is 0 Å². The molecule has 0 bridgehead atoms. The van der Waals surface area contributed by atoms with Crippen LogP contribution in [0, 0.1) is 6.92 Å². The molecule has 1 atom stereocenters.